The number of β-amino-alcohol motifs (C(OH)–C–C–N with tert-alkyl or cyclic N) is 1. The molecule has 1 heterocycles. The molecule has 0 spiro atoms. The Morgan fingerprint density at radius 3 is 2.58 bits per heavy atom. The van der Waals surface area contributed by atoms with Gasteiger partial charge in [-0.25, -0.2) is 0 Å². The molecule has 1 fully saturated rings. The minimum absolute atomic E-state index is 0.176. The van der Waals surface area contributed by atoms with Gasteiger partial charge in [-0.05, 0) is 25.0 Å². The standard InChI is InChI=1S/C13H15Cl2NO3/c1-19-12-10(14)5-8(6-11(12)15)13(18)16-4-2-3-9(17)7-16/h5-6,9,17H,2-4,7H2,1H3. The molecule has 1 amide bonds. The lowest BCUT2D eigenvalue weighted by Gasteiger charge is -2.30. The summed E-state index contributed by atoms with van der Waals surface area (Å²) in [6, 6.07) is 3.07. The van der Waals surface area contributed by atoms with Crippen LogP contribution in [-0.2, 0) is 0 Å². The minimum Gasteiger partial charge on any atom is -0.494 e. The second kappa shape index (κ2) is 5.99. The molecule has 1 saturated heterocycles. The molecule has 1 unspecified atom stereocenters. The Hall–Kier alpha value is -0.970. The van der Waals surface area contributed by atoms with Crippen LogP contribution >= 0.6 is 23.2 Å². The number of piperidine rings is 1. The normalized spacial score (nSPS) is 19.4. The summed E-state index contributed by atoms with van der Waals surface area (Å²) in [7, 11) is 1.47. The average molecular weight is 304 g/mol. The van der Waals surface area contributed by atoms with E-state index in [1.54, 1.807) is 4.90 Å². The molecular weight excluding hydrogens is 289 g/mol. The topological polar surface area (TPSA) is 49.8 Å². The highest BCUT2D eigenvalue weighted by Gasteiger charge is 2.24. The summed E-state index contributed by atoms with van der Waals surface area (Å²) in [6.07, 6.45) is 1.07. The third kappa shape index (κ3) is 3.14. The van der Waals surface area contributed by atoms with Crippen LogP contribution in [0.25, 0.3) is 0 Å². The maximum Gasteiger partial charge on any atom is 0.254 e. The lowest BCUT2D eigenvalue weighted by atomic mass is 10.1. The van der Waals surface area contributed by atoms with E-state index in [-0.39, 0.29) is 5.91 Å². The van der Waals surface area contributed by atoms with Crippen LogP contribution in [0.5, 0.6) is 5.75 Å². The van der Waals surface area contributed by atoms with Crippen LogP contribution in [0, 0.1) is 0 Å². The molecule has 6 heteroatoms. The van der Waals surface area contributed by atoms with Crippen molar-refractivity contribution in [3.05, 3.63) is 27.7 Å². The van der Waals surface area contributed by atoms with E-state index in [1.807, 2.05) is 0 Å². The summed E-state index contributed by atoms with van der Waals surface area (Å²) >= 11 is 12.0. The summed E-state index contributed by atoms with van der Waals surface area (Å²) in [6.45, 7) is 0.983. The van der Waals surface area contributed by atoms with E-state index in [4.69, 9.17) is 27.9 Å². The summed E-state index contributed by atoms with van der Waals surface area (Å²) in [5.74, 6) is 0.184. The molecule has 2 rings (SSSR count). The Morgan fingerprint density at radius 1 is 1.42 bits per heavy atom. The van der Waals surface area contributed by atoms with Gasteiger partial charge < -0.3 is 14.7 Å². The minimum atomic E-state index is -0.457. The van der Waals surface area contributed by atoms with E-state index >= 15 is 0 Å². The van der Waals surface area contributed by atoms with Crippen molar-refractivity contribution >= 4 is 29.1 Å². The van der Waals surface area contributed by atoms with Crippen molar-refractivity contribution in [1.29, 1.82) is 0 Å². The van der Waals surface area contributed by atoms with Gasteiger partial charge in [0.2, 0.25) is 0 Å². The van der Waals surface area contributed by atoms with Gasteiger partial charge in [0.05, 0.1) is 23.3 Å². The maximum atomic E-state index is 12.3. The highest BCUT2D eigenvalue weighted by atomic mass is 35.5. The van der Waals surface area contributed by atoms with Gasteiger partial charge in [0.15, 0.2) is 5.75 Å². The average Bonchev–Trinajstić information content (AvgIpc) is 2.37. The van der Waals surface area contributed by atoms with Gasteiger partial charge in [0, 0.05) is 18.7 Å². The fourth-order valence-corrected chi connectivity index (χ4v) is 2.84. The molecule has 1 aliphatic heterocycles. The van der Waals surface area contributed by atoms with Gasteiger partial charge in [-0.15, -0.1) is 0 Å². The van der Waals surface area contributed by atoms with Crippen LogP contribution in [0.4, 0.5) is 0 Å². The van der Waals surface area contributed by atoms with Crippen molar-refractivity contribution in [3.8, 4) is 5.75 Å². The van der Waals surface area contributed by atoms with Gasteiger partial charge in [0.1, 0.15) is 0 Å². The molecule has 1 aliphatic rings. The largest absolute Gasteiger partial charge is 0.494 e. The molecule has 0 aromatic heterocycles. The third-order valence-electron chi connectivity index (χ3n) is 3.13. The van der Waals surface area contributed by atoms with Crippen molar-refractivity contribution in [2.45, 2.75) is 18.9 Å². The van der Waals surface area contributed by atoms with Crippen LogP contribution < -0.4 is 4.74 Å². The number of aliphatic hydroxyl groups excluding tert-OH is 1. The van der Waals surface area contributed by atoms with Crippen molar-refractivity contribution in [3.63, 3.8) is 0 Å². The zero-order chi connectivity index (χ0) is 14.0. The molecule has 0 saturated carbocycles. The first-order valence-corrected chi connectivity index (χ1v) is 6.79. The predicted molar refractivity (Wildman–Crippen MR) is 74.2 cm³/mol. The number of rotatable bonds is 2. The van der Waals surface area contributed by atoms with Crippen LogP contribution in [0.1, 0.15) is 23.2 Å². The zero-order valence-electron chi connectivity index (χ0n) is 10.5. The Labute approximate surface area is 121 Å². The fraction of sp³-hybridized carbons (Fsp3) is 0.462. The highest BCUT2D eigenvalue weighted by Crippen LogP contribution is 2.34. The number of aliphatic hydroxyl groups is 1. The first-order valence-electron chi connectivity index (χ1n) is 6.03. The number of ether oxygens (including phenoxy) is 1. The van der Waals surface area contributed by atoms with Crippen molar-refractivity contribution in [2.75, 3.05) is 20.2 Å². The lowest BCUT2D eigenvalue weighted by Crippen LogP contribution is -2.42. The number of hydrogen-bond donors (Lipinski definition) is 1. The fourth-order valence-electron chi connectivity index (χ4n) is 2.20. The van der Waals surface area contributed by atoms with E-state index in [1.165, 1.54) is 19.2 Å². The van der Waals surface area contributed by atoms with E-state index in [0.29, 0.717) is 34.4 Å². The van der Waals surface area contributed by atoms with Gasteiger partial charge in [-0.2, -0.15) is 0 Å². The van der Waals surface area contributed by atoms with Gasteiger partial charge in [-0.1, -0.05) is 23.2 Å². The molecule has 19 heavy (non-hydrogen) atoms. The number of benzene rings is 1. The van der Waals surface area contributed by atoms with Crippen molar-refractivity contribution in [2.24, 2.45) is 0 Å². The number of methoxy groups -OCH3 is 1. The van der Waals surface area contributed by atoms with E-state index in [9.17, 15) is 9.90 Å². The Morgan fingerprint density at radius 2 is 2.05 bits per heavy atom. The summed E-state index contributed by atoms with van der Waals surface area (Å²) in [4.78, 5) is 13.9. The molecule has 0 bridgehead atoms. The smallest absolute Gasteiger partial charge is 0.254 e. The highest BCUT2D eigenvalue weighted by molar-refractivity contribution is 6.37. The summed E-state index contributed by atoms with van der Waals surface area (Å²) in [5.41, 5.74) is 0.407. The van der Waals surface area contributed by atoms with E-state index in [2.05, 4.69) is 0 Å². The molecule has 1 aromatic rings. The molecule has 0 aliphatic carbocycles. The lowest BCUT2D eigenvalue weighted by molar-refractivity contribution is 0.0473. The second-order valence-electron chi connectivity index (χ2n) is 4.52. The summed E-state index contributed by atoms with van der Waals surface area (Å²) in [5, 5.41) is 10.2. The van der Waals surface area contributed by atoms with E-state index in [0.717, 1.165) is 12.8 Å². The predicted octanol–water partition coefficient (Wildman–Crippen LogP) is 2.60. The van der Waals surface area contributed by atoms with Crippen LogP contribution in [0.3, 0.4) is 0 Å². The first kappa shape index (κ1) is 14.4. The number of carbonyl (C=O) groups is 1. The Bertz CT molecular complexity index is 470. The molecule has 1 atom stereocenters. The van der Waals surface area contributed by atoms with Gasteiger partial charge in [-0.3, -0.25) is 4.79 Å². The summed E-state index contributed by atoms with van der Waals surface area (Å²) < 4.78 is 5.04. The number of nitrogens with zero attached hydrogens (tertiary/aromatic N) is 1. The number of halogens is 2. The van der Waals surface area contributed by atoms with Crippen LogP contribution in [0.15, 0.2) is 12.1 Å². The molecule has 1 aromatic carbocycles. The monoisotopic (exact) mass is 303 g/mol. The van der Waals surface area contributed by atoms with Crippen LogP contribution in [0.2, 0.25) is 10.0 Å². The zero-order valence-corrected chi connectivity index (χ0v) is 12.0. The third-order valence-corrected chi connectivity index (χ3v) is 3.69. The molecule has 4 nitrogen and oxygen atoms in total. The Kier molecular flexibility index (Phi) is 4.55. The van der Waals surface area contributed by atoms with Gasteiger partial charge >= 0.3 is 0 Å². The van der Waals surface area contributed by atoms with Crippen molar-refractivity contribution < 1.29 is 14.6 Å². The maximum absolute atomic E-state index is 12.3. The number of amides is 1. The first-order chi connectivity index (χ1) is 9.02. The quantitative estimate of drug-likeness (QED) is 0.913. The molecule has 0 radical (unpaired) electrons. The second-order valence-corrected chi connectivity index (χ2v) is 5.33. The number of likely N-dealkylation sites (tertiary alicyclic amines) is 1. The molecular formula is C13H15Cl2NO3. The van der Waals surface area contributed by atoms with Crippen LogP contribution in [-0.4, -0.2) is 42.2 Å². The van der Waals surface area contributed by atoms with Gasteiger partial charge in [0.25, 0.3) is 5.91 Å². The number of carbonyl (C=O) groups excluding carboxylic acids is 1. The van der Waals surface area contributed by atoms with E-state index < -0.39 is 6.10 Å². The Balaban J connectivity index is 2.24. The number of hydrogen-bond acceptors (Lipinski definition) is 3. The molecule has 104 valence electrons. The SMILES string of the molecule is COc1c(Cl)cc(C(=O)N2CCCC(O)C2)cc1Cl. The van der Waals surface area contributed by atoms with Crippen molar-refractivity contribution in [1.82, 2.24) is 4.90 Å². The molecule has 1 N–H and O–H groups in total.